The molecule has 0 amide bonds. The first-order valence-corrected chi connectivity index (χ1v) is 12.1. The van der Waals surface area contributed by atoms with E-state index in [0.29, 0.717) is 17.8 Å². The van der Waals surface area contributed by atoms with Crippen molar-refractivity contribution in [3.63, 3.8) is 0 Å². The summed E-state index contributed by atoms with van der Waals surface area (Å²) in [5.74, 6) is 2.97. The molecule has 2 fully saturated rings. The lowest BCUT2D eigenvalue weighted by Crippen LogP contribution is -2.29. The highest BCUT2D eigenvalue weighted by Crippen LogP contribution is 2.37. The van der Waals surface area contributed by atoms with E-state index in [1.54, 1.807) is 0 Å². The maximum Gasteiger partial charge on any atom is 0.161 e. The topological polar surface area (TPSA) is 65.4 Å². The lowest BCUT2D eigenvalue weighted by molar-refractivity contribution is 0.468. The summed E-state index contributed by atoms with van der Waals surface area (Å²) in [6, 6.07) is 8.74. The maximum absolute atomic E-state index is 5.05. The molecule has 2 aromatic rings. The Balaban J connectivity index is 1.73. The summed E-state index contributed by atoms with van der Waals surface area (Å²) >= 11 is 0. The van der Waals surface area contributed by atoms with Gasteiger partial charge in [0.25, 0.3) is 0 Å². The summed E-state index contributed by atoms with van der Waals surface area (Å²) in [5, 5.41) is 7.36. The Kier molecular flexibility index (Phi) is 7.58. The summed E-state index contributed by atoms with van der Waals surface area (Å²) in [6.07, 6.45) is 12.3. The van der Waals surface area contributed by atoms with Gasteiger partial charge in [-0.3, -0.25) is 4.99 Å². The van der Waals surface area contributed by atoms with Crippen LogP contribution in [-0.2, 0) is 0 Å². The summed E-state index contributed by atoms with van der Waals surface area (Å²) in [6.45, 7) is 8.19. The molecule has 1 aliphatic carbocycles. The van der Waals surface area contributed by atoms with E-state index in [2.05, 4.69) is 46.6 Å². The maximum atomic E-state index is 5.05. The number of hydrogen-bond donors (Lipinski definition) is 2. The Bertz CT molecular complexity index is 1110. The number of allylic oxidation sites excluding steroid dienone is 4. The molecule has 1 saturated heterocycles. The van der Waals surface area contributed by atoms with Gasteiger partial charge in [0, 0.05) is 51.7 Å². The lowest BCUT2D eigenvalue weighted by atomic mass is 9.97. The second-order valence-electron chi connectivity index (χ2n) is 9.31. The van der Waals surface area contributed by atoms with Crippen molar-refractivity contribution in [2.45, 2.75) is 25.8 Å². The molecule has 3 unspecified atom stereocenters. The molecule has 178 valence electrons. The van der Waals surface area contributed by atoms with Crippen molar-refractivity contribution >= 4 is 17.1 Å². The highest BCUT2D eigenvalue weighted by atomic mass is 15.1. The minimum absolute atomic E-state index is 0.409. The van der Waals surface area contributed by atoms with Gasteiger partial charge in [-0.25, -0.2) is 9.97 Å². The van der Waals surface area contributed by atoms with Gasteiger partial charge in [-0.1, -0.05) is 36.9 Å². The molecule has 34 heavy (non-hydrogen) atoms. The van der Waals surface area contributed by atoms with Gasteiger partial charge in [0.15, 0.2) is 5.82 Å². The van der Waals surface area contributed by atoms with Crippen LogP contribution in [0, 0.1) is 11.8 Å². The second-order valence-corrected chi connectivity index (χ2v) is 9.31. The van der Waals surface area contributed by atoms with Gasteiger partial charge in [0.2, 0.25) is 0 Å². The van der Waals surface area contributed by atoms with Gasteiger partial charge < -0.3 is 15.5 Å². The van der Waals surface area contributed by atoms with Gasteiger partial charge in [-0.2, -0.15) is 0 Å². The van der Waals surface area contributed by atoms with Crippen LogP contribution in [-0.4, -0.2) is 60.9 Å². The molecule has 2 heterocycles. The van der Waals surface area contributed by atoms with E-state index in [9.17, 15) is 0 Å². The zero-order valence-corrected chi connectivity index (χ0v) is 20.8. The molecule has 0 spiro atoms. The van der Waals surface area contributed by atoms with Crippen LogP contribution in [0.15, 0.2) is 66.5 Å². The summed E-state index contributed by atoms with van der Waals surface area (Å²) in [7, 11) is 5.84. The molecule has 0 radical (unpaired) electrons. The smallest absolute Gasteiger partial charge is 0.161 e. The van der Waals surface area contributed by atoms with Gasteiger partial charge in [0.05, 0.1) is 11.3 Å². The fourth-order valence-electron chi connectivity index (χ4n) is 5.13. The third-order valence-corrected chi connectivity index (χ3v) is 6.78. The van der Waals surface area contributed by atoms with Gasteiger partial charge >= 0.3 is 0 Å². The molecule has 6 nitrogen and oxygen atoms in total. The third-order valence-electron chi connectivity index (χ3n) is 6.78. The van der Waals surface area contributed by atoms with Crippen molar-refractivity contribution in [2.75, 3.05) is 39.5 Å². The van der Waals surface area contributed by atoms with Crippen molar-refractivity contribution in [3.05, 3.63) is 72.6 Å². The number of nitrogens with zero attached hydrogens (tertiary/aromatic N) is 4. The quantitative estimate of drug-likeness (QED) is 0.448. The predicted octanol–water partition coefficient (Wildman–Crippen LogP) is 4.64. The lowest BCUT2D eigenvalue weighted by Gasteiger charge is -2.22. The fourth-order valence-corrected chi connectivity index (χ4v) is 5.13. The molecular weight excluding hydrogens is 420 g/mol. The van der Waals surface area contributed by atoms with Gasteiger partial charge in [-0.05, 0) is 61.4 Å². The Morgan fingerprint density at radius 3 is 2.85 bits per heavy atom. The van der Waals surface area contributed by atoms with Gasteiger partial charge in [-0.15, -0.1) is 0 Å². The van der Waals surface area contributed by atoms with Crippen LogP contribution in [0.25, 0.3) is 17.0 Å². The number of rotatable bonds is 8. The van der Waals surface area contributed by atoms with Gasteiger partial charge in [0.1, 0.15) is 5.82 Å². The van der Waals surface area contributed by atoms with Crippen LogP contribution in [0.4, 0.5) is 5.82 Å². The van der Waals surface area contributed by atoms with Crippen LogP contribution in [0.2, 0.25) is 0 Å². The highest BCUT2D eigenvalue weighted by Gasteiger charge is 2.39. The second kappa shape index (κ2) is 10.8. The molecule has 1 saturated carbocycles. The zero-order chi connectivity index (χ0) is 24.1. The highest BCUT2D eigenvalue weighted by molar-refractivity contribution is 6.11. The van der Waals surface area contributed by atoms with Crippen molar-refractivity contribution in [3.8, 4) is 11.4 Å². The number of anilines is 1. The van der Waals surface area contributed by atoms with E-state index in [1.165, 1.54) is 12.8 Å². The number of nitrogens with one attached hydrogen (secondary N) is 2. The number of hydrogen-bond acceptors (Lipinski definition) is 6. The molecule has 6 heteroatoms. The van der Waals surface area contributed by atoms with Crippen LogP contribution in [0.1, 0.15) is 30.9 Å². The van der Waals surface area contributed by atoms with Crippen LogP contribution < -0.4 is 10.6 Å². The largest absolute Gasteiger partial charge is 0.383 e. The van der Waals surface area contributed by atoms with Crippen molar-refractivity contribution in [2.24, 2.45) is 16.8 Å². The molecule has 4 rings (SSSR count). The monoisotopic (exact) mass is 456 g/mol. The number of fused-ring (bicyclic) bond motifs is 1. The van der Waals surface area contributed by atoms with Crippen LogP contribution in [0.3, 0.4) is 0 Å². The molecule has 1 aromatic carbocycles. The minimum Gasteiger partial charge on any atom is -0.383 e. The summed E-state index contributed by atoms with van der Waals surface area (Å²) in [5.41, 5.74) is 4.94. The average molecular weight is 457 g/mol. The van der Waals surface area contributed by atoms with E-state index in [0.717, 1.165) is 52.8 Å². The Labute approximate surface area is 203 Å². The first kappa shape index (κ1) is 23.9. The molecular formula is C28H36N6. The summed E-state index contributed by atoms with van der Waals surface area (Å²) < 4.78 is 0. The van der Waals surface area contributed by atoms with Crippen molar-refractivity contribution in [1.82, 2.24) is 20.2 Å². The van der Waals surface area contributed by atoms with E-state index < -0.39 is 0 Å². The number of benzene rings is 1. The predicted molar refractivity (Wildman–Crippen MR) is 143 cm³/mol. The SMILES string of the molecule is C=C/C(=C\N(C)C)c1cccc(-c2ncc(C(/C=C\C)=N/C)c(NC3CCC4CNCC43)n2)c1. The van der Waals surface area contributed by atoms with E-state index in [-0.39, 0.29) is 0 Å². The number of aliphatic imine (C=N–C) groups is 1. The average Bonchev–Trinajstić information content (AvgIpc) is 3.46. The van der Waals surface area contributed by atoms with Crippen molar-refractivity contribution in [1.29, 1.82) is 0 Å². The van der Waals surface area contributed by atoms with E-state index in [1.807, 2.05) is 63.5 Å². The molecule has 1 aromatic heterocycles. The molecule has 0 bridgehead atoms. The molecule has 3 atom stereocenters. The molecule has 2 aliphatic rings. The first-order valence-electron chi connectivity index (χ1n) is 12.1. The third kappa shape index (κ3) is 5.12. The summed E-state index contributed by atoms with van der Waals surface area (Å²) in [4.78, 5) is 16.3. The molecule has 2 N–H and O–H groups in total. The normalized spacial score (nSPS) is 22.8. The van der Waals surface area contributed by atoms with Crippen molar-refractivity contribution < 1.29 is 0 Å². The standard InChI is InChI=1S/C28H36N6/c1-6-9-25(29-3)24-17-31-27(21-11-8-10-20(14-21)19(7-2)18-34(4)5)33-28(24)32-26-13-12-22-15-30-16-23(22)26/h6-11,14,17-18,22-23,26,30H,2,12-13,15-16H2,1,3-5H3,(H,31,32,33)/b9-6-,19-18+,29-25+. The molecule has 1 aliphatic heterocycles. The fraction of sp³-hybridized carbons (Fsp3) is 0.393. The zero-order valence-electron chi connectivity index (χ0n) is 20.8. The number of aromatic nitrogens is 2. The Morgan fingerprint density at radius 2 is 2.12 bits per heavy atom. The Hall–Kier alpha value is -3.25. The Morgan fingerprint density at radius 1 is 1.26 bits per heavy atom. The van der Waals surface area contributed by atoms with Crippen LogP contribution >= 0.6 is 0 Å². The van der Waals surface area contributed by atoms with E-state index >= 15 is 0 Å². The van der Waals surface area contributed by atoms with E-state index in [4.69, 9.17) is 9.97 Å². The minimum atomic E-state index is 0.409. The van der Waals surface area contributed by atoms with Crippen LogP contribution in [0.5, 0.6) is 0 Å². The first-order chi connectivity index (χ1) is 16.5.